The number of aliphatic hydroxyl groups is 1. The summed E-state index contributed by atoms with van der Waals surface area (Å²) in [6, 6.07) is 3.00. The molecule has 0 unspecified atom stereocenters. The lowest BCUT2D eigenvalue weighted by atomic mass is 10.1. The maximum Gasteiger partial charge on any atom is 0.415 e. The van der Waals surface area contributed by atoms with Crippen LogP contribution in [0.15, 0.2) is 17.5 Å². The van der Waals surface area contributed by atoms with E-state index in [2.05, 4.69) is 0 Å². The molecule has 1 aromatic heterocycles. The molecule has 0 radical (unpaired) electrons. The zero-order valence-corrected chi connectivity index (χ0v) is 12.0. The monoisotopic (exact) mass is 323 g/mol. The summed E-state index contributed by atoms with van der Waals surface area (Å²) in [5, 5.41) is 11.0. The number of ether oxygens (including phenoxy) is 1. The Balaban J connectivity index is 1.97. The summed E-state index contributed by atoms with van der Waals surface area (Å²) in [5.41, 5.74) is 0. The van der Waals surface area contributed by atoms with E-state index in [0.29, 0.717) is 11.5 Å². The van der Waals surface area contributed by atoms with Gasteiger partial charge in [-0.1, -0.05) is 6.07 Å². The third-order valence-electron chi connectivity index (χ3n) is 3.35. The smallest absolute Gasteiger partial charge is 0.382 e. The minimum absolute atomic E-state index is 0.0884. The molecule has 1 N–H and O–H groups in total. The standard InChI is InChI=1S/C13H16F3NO3S/c14-13(15,16)12(19)7-17-3-4-20-8-9(17)6-10(18)11-2-1-5-21-11/h1-2,5,9,12,19H,3-4,6-8H2/t9-,12-/m1/s1. The van der Waals surface area contributed by atoms with Gasteiger partial charge in [-0.2, -0.15) is 13.2 Å². The molecule has 1 fully saturated rings. The molecule has 0 bridgehead atoms. The summed E-state index contributed by atoms with van der Waals surface area (Å²) in [4.78, 5) is 14.1. The molecule has 1 aliphatic rings. The quantitative estimate of drug-likeness (QED) is 0.842. The lowest BCUT2D eigenvalue weighted by Gasteiger charge is -2.36. The Kier molecular flexibility index (Phi) is 5.37. The fourth-order valence-electron chi connectivity index (χ4n) is 2.20. The van der Waals surface area contributed by atoms with Gasteiger partial charge in [0.25, 0.3) is 0 Å². The van der Waals surface area contributed by atoms with Gasteiger partial charge >= 0.3 is 6.18 Å². The second kappa shape index (κ2) is 6.87. The van der Waals surface area contributed by atoms with Crippen molar-refractivity contribution >= 4 is 17.1 Å². The summed E-state index contributed by atoms with van der Waals surface area (Å²) in [5.74, 6) is -0.119. The number of β-amino-alcohol motifs (C(OH)–C–C–N with tert-alkyl or cyclic N) is 1. The number of rotatable bonds is 5. The van der Waals surface area contributed by atoms with Gasteiger partial charge in [0, 0.05) is 25.6 Å². The highest BCUT2D eigenvalue weighted by atomic mass is 32.1. The number of ketones is 1. The largest absolute Gasteiger partial charge is 0.415 e. The topological polar surface area (TPSA) is 49.8 Å². The first-order chi connectivity index (χ1) is 9.88. The molecular formula is C13H16F3NO3S. The van der Waals surface area contributed by atoms with Gasteiger partial charge in [0.2, 0.25) is 0 Å². The summed E-state index contributed by atoms with van der Waals surface area (Å²) in [7, 11) is 0. The van der Waals surface area contributed by atoms with E-state index in [1.165, 1.54) is 16.2 Å². The normalized spacial score (nSPS) is 22.2. The number of carbonyl (C=O) groups excluding carboxylic acids is 1. The summed E-state index contributed by atoms with van der Waals surface area (Å²) in [6.07, 6.45) is -6.97. The minimum Gasteiger partial charge on any atom is -0.382 e. The molecule has 8 heteroatoms. The van der Waals surface area contributed by atoms with Crippen LogP contribution in [0, 0.1) is 0 Å². The van der Waals surface area contributed by atoms with E-state index in [4.69, 9.17) is 4.74 Å². The highest BCUT2D eigenvalue weighted by Crippen LogP contribution is 2.23. The van der Waals surface area contributed by atoms with Crippen molar-refractivity contribution in [1.82, 2.24) is 4.90 Å². The van der Waals surface area contributed by atoms with Crippen molar-refractivity contribution < 1.29 is 27.8 Å². The van der Waals surface area contributed by atoms with Crippen molar-refractivity contribution in [2.24, 2.45) is 0 Å². The zero-order valence-electron chi connectivity index (χ0n) is 11.2. The maximum absolute atomic E-state index is 12.4. The van der Waals surface area contributed by atoms with E-state index >= 15 is 0 Å². The van der Waals surface area contributed by atoms with E-state index < -0.39 is 24.9 Å². The van der Waals surface area contributed by atoms with Gasteiger partial charge in [0.15, 0.2) is 11.9 Å². The summed E-state index contributed by atoms with van der Waals surface area (Å²) >= 11 is 1.30. The number of aliphatic hydroxyl groups excluding tert-OH is 1. The second-order valence-electron chi connectivity index (χ2n) is 4.89. The lowest BCUT2D eigenvalue weighted by molar-refractivity contribution is -0.212. The minimum atomic E-state index is -4.65. The number of nitrogens with zero attached hydrogens (tertiary/aromatic N) is 1. The number of hydrogen-bond acceptors (Lipinski definition) is 5. The molecule has 2 rings (SSSR count). The number of hydrogen-bond donors (Lipinski definition) is 1. The van der Waals surface area contributed by atoms with E-state index in [-0.39, 0.29) is 25.4 Å². The Morgan fingerprint density at radius 1 is 1.57 bits per heavy atom. The fraction of sp³-hybridized carbons (Fsp3) is 0.615. The van der Waals surface area contributed by atoms with E-state index in [9.17, 15) is 23.1 Å². The van der Waals surface area contributed by atoms with Crippen LogP contribution in [-0.4, -0.2) is 60.4 Å². The van der Waals surface area contributed by atoms with Crippen LogP contribution in [0.3, 0.4) is 0 Å². The molecule has 1 aromatic rings. The molecule has 0 aliphatic carbocycles. The molecule has 2 heterocycles. The van der Waals surface area contributed by atoms with Gasteiger partial charge in [0.05, 0.1) is 18.1 Å². The number of alkyl halides is 3. The first-order valence-corrected chi connectivity index (χ1v) is 7.39. The van der Waals surface area contributed by atoms with Crippen molar-refractivity contribution in [2.45, 2.75) is 24.7 Å². The molecule has 0 amide bonds. The zero-order chi connectivity index (χ0) is 15.5. The Hall–Kier alpha value is -0.960. The average Bonchev–Trinajstić information content (AvgIpc) is 2.93. The van der Waals surface area contributed by atoms with Crippen molar-refractivity contribution in [3.63, 3.8) is 0 Å². The summed E-state index contributed by atoms with van der Waals surface area (Å²) < 4.78 is 42.6. The number of carbonyl (C=O) groups is 1. The van der Waals surface area contributed by atoms with Gasteiger partial charge in [-0.05, 0) is 11.4 Å². The van der Waals surface area contributed by atoms with Crippen molar-refractivity contribution in [1.29, 1.82) is 0 Å². The number of Topliss-reactive ketones (excluding diaryl/α,β-unsaturated/α-hetero) is 1. The lowest BCUT2D eigenvalue weighted by Crippen LogP contribution is -2.51. The Bertz CT molecular complexity index is 464. The third kappa shape index (κ3) is 4.50. The van der Waals surface area contributed by atoms with E-state index in [1.807, 2.05) is 0 Å². The van der Waals surface area contributed by atoms with Gasteiger partial charge < -0.3 is 9.84 Å². The number of morpholine rings is 1. The van der Waals surface area contributed by atoms with Crippen LogP contribution in [-0.2, 0) is 4.74 Å². The molecule has 0 spiro atoms. The molecule has 4 nitrogen and oxygen atoms in total. The van der Waals surface area contributed by atoms with Gasteiger partial charge in [-0.25, -0.2) is 0 Å². The molecule has 0 saturated carbocycles. The van der Waals surface area contributed by atoms with E-state index in [1.54, 1.807) is 17.5 Å². The predicted octanol–water partition coefficient (Wildman–Crippen LogP) is 1.94. The molecule has 2 atom stereocenters. The second-order valence-corrected chi connectivity index (χ2v) is 5.83. The van der Waals surface area contributed by atoms with Crippen LogP contribution < -0.4 is 0 Å². The van der Waals surface area contributed by atoms with Gasteiger partial charge in [-0.15, -0.1) is 11.3 Å². The first kappa shape index (κ1) is 16.4. The van der Waals surface area contributed by atoms with Crippen molar-refractivity contribution in [3.05, 3.63) is 22.4 Å². The van der Waals surface area contributed by atoms with Crippen LogP contribution >= 0.6 is 11.3 Å². The Morgan fingerprint density at radius 2 is 2.33 bits per heavy atom. The van der Waals surface area contributed by atoms with Crippen molar-refractivity contribution in [3.8, 4) is 0 Å². The predicted molar refractivity (Wildman–Crippen MR) is 71.5 cm³/mol. The molecule has 1 aliphatic heterocycles. The van der Waals surface area contributed by atoms with Gasteiger partial charge in [-0.3, -0.25) is 9.69 Å². The molecule has 0 aromatic carbocycles. The van der Waals surface area contributed by atoms with Crippen LogP contribution in [0.1, 0.15) is 16.1 Å². The van der Waals surface area contributed by atoms with Crippen LogP contribution in [0.25, 0.3) is 0 Å². The van der Waals surface area contributed by atoms with Crippen LogP contribution in [0.5, 0.6) is 0 Å². The van der Waals surface area contributed by atoms with Gasteiger partial charge in [0.1, 0.15) is 0 Å². The SMILES string of the molecule is O=C(C[C@@H]1COCCN1C[C@@H](O)C(F)(F)F)c1cccs1. The number of halogens is 3. The Morgan fingerprint density at radius 3 is 2.95 bits per heavy atom. The third-order valence-corrected chi connectivity index (χ3v) is 4.26. The average molecular weight is 323 g/mol. The van der Waals surface area contributed by atoms with Crippen LogP contribution in [0.2, 0.25) is 0 Å². The molecule has 21 heavy (non-hydrogen) atoms. The first-order valence-electron chi connectivity index (χ1n) is 6.51. The fourth-order valence-corrected chi connectivity index (χ4v) is 2.87. The summed E-state index contributed by atoms with van der Waals surface area (Å²) in [6.45, 7) is 0.237. The Labute approximate surface area is 124 Å². The molecular weight excluding hydrogens is 307 g/mol. The molecule has 1 saturated heterocycles. The van der Waals surface area contributed by atoms with Crippen molar-refractivity contribution in [2.75, 3.05) is 26.3 Å². The highest BCUT2D eigenvalue weighted by Gasteiger charge is 2.40. The molecule has 118 valence electrons. The maximum atomic E-state index is 12.4. The van der Waals surface area contributed by atoms with Crippen LogP contribution in [0.4, 0.5) is 13.2 Å². The highest BCUT2D eigenvalue weighted by molar-refractivity contribution is 7.12. The van der Waals surface area contributed by atoms with E-state index in [0.717, 1.165) is 0 Å². The number of thiophene rings is 1.